The van der Waals surface area contributed by atoms with Crippen molar-refractivity contribution in [1.82, 2.24) is 9.88 Å². The summed E-state index contributed by atoms with van der Waals surface area (Å²) in [6, 6.07) is 10.8. The zero-order valence-corrected chi connectivity index (χ0v) is 21.1. The van der Waals surface area contributed by atoms with Crippen molar-refractivity contribution < 1.29 is 32.2 Å². The minimum Gasteiger partial charge on any atom is -0.484 e. The summed E-state index contributed by atoms with van der Waals surface area (Å²) < 4.78 is 46.9. The maximum atomic E-state index is 12.6. The highest BCUT2D eigenvalue weighted by Gasteiger charge is 2.31. The second-order valence-electron chi connectivity index (χ2n) is 8.79. The van der Waals surface area contributed by atoms with Crippen LogP contribution in [0.2, 0.25) is 0 Å². The van der Waals surface area contributed by atoms with E-state index in [9.17, 15) is 22.8 Å². The van der Waals surface area contributed by atoms with E-state index in [0.29, 0.717) is 31.7 Å². The molecule has 0 saturated carbocycles. The molecule has 2 amide bonds. The first-order valence-corrected chi connectivity index (χ1v) is 12.6. The standard InChI is InChI=1S/C26H26F3N3O4S/c1-16-6-7-20(12-17(16)2)35-14-23(33)32-10-8-18(9-11-32)25-31-22(15-37-25)24(34)30-19-4-3-5-21(13-19)36-26(27,28)29/h3-7,12-13,15,18H,8-11,14H2,1-2H3,(H,30,34). The van der Waals surface area contributed by atoms with E-state index in [2.05, 4.69) is 15.0 Å². The lowest BCUT2D eigenvalue weighted by Gasteiger charge is -2.31. The Balaban J connectivity index is 1.27. The number of ether oxygens (including phenoxy) is 2. The average molecular weight is 534 g/mol. The van der Waals surface area contributed by atoms with Crippen LogP contribution in [0, 0.1) is 13.8 Å². The van der Waals surface area contributed by atoms with Crippen LogP contribution in [-0.4, -0.2) is 47.8 Å². The Morgan fingerprint density at radius 1 is 1.08 bits per heavy atom. The van der Waals surface area contributed by atoms with Crippen molar-refractivity contribution >= 4 is 28.8 Å². The van der Waals surface area contributed by atoms with Crippen LogP contribution in [0.15, 0.2) is 47.8 Å². The second-order valence-corrected chi connectivity index (χ2v) is 9.68. The van der Waals surface area contributed by atoms with Gasteiger partial charge in [-0.05, 0) is 62.1 Å². The number of alkyl halides is 3. The van der Waals surface area contributed by atoms with Crippen LogP contribution in [0.4, 0.5) is 18.9 Å². The molecule has 0 spiro atoms. The molecule has 1 saturated heterocycles. The third-order valence-corrected chi connectivity index (χ3v) is 7.12. The Morgan fingerprint density at radius 3 is 2.54 bits per heavy atom. The number of nitrogens with zero attached hydrogens (tertiary/aromatic N) is 2. The summed E-state index contributed by atoms with van der Waals surface area (Å²) in [6.07, 6.45) is -3.40. The molecule has 11 heteroatoms. The molecule has 1 aromatic heterocycles. The highest BCUT2D eigenvalue weighted by molar-refractivity contribution is 7.10. The van der Waals surface area contributed by atoms with Crippen molar-refractivity contribution in [3.8, 4) is 11.5 Å². The Hall–Kier alpha value is -3.60. The molecule has 196 valence electrons. The van der Waals surface area contributed by atoms with Gasteiger partial charge < -0.3 is 19.7 Å². The molecule has 1 N–H and O–H groups in total. The molecular formula is C26H26F3N3O4S. The second kappa shape index (κ2) is 11.2. The molecular weight excluding hydrogens is 507 g/mol. The van der Waals surface area contributed by atoms with E-state index in [4.69, 9.17) is 4.74 Å². The zero-order chi connectivity index (χ0) is 26.6. The van der Waals surface area contributed by atoms with Crippen LogP contribution < -0.4 is 14.8 Å². The number of aryl methyl sites for hydroxylation is 2. The van der Waals surface area contributed by atoms with Gasteiger partial charge >= 0.3 is 6.36 Å². The molecule has 2 aromatic carbocycles. The summed E-state index contributed by atoms with van der Waals surface area (Å²) in [5.74, 6) is -0.250. The van der Waals surface area contributed by atoms with E-state index in [1.807, 2.05) is 32.0 Å². The van der Waals surface area contributed by atoms with Crippen LogP contribution in [0.25, 0.3) is 0 Å². The Kier molecular flexibility index (Phi) is 8.01. The molecule has 1 aliphatic heterocycles. The largest absolute Gasteiger partial charge is 0.573 e. The minimum atomic E-state index is -4.82. The molecule has 0 aliphatic carbocycles. The predicted octanol–water partition coefficient (Wildman–Crippen LogP) is 5.70. The first kappa shape index (κ1) is 26.5. The number of amides is 2. The summed E-state index contributed by atoms with van der Waals surface area (Å²) in [5.41, 5.74) is 2.61. The van der Waals surface area contributed by atoms with Crippen LogP contribution in [0.3, 0.4) is 0 Å². The van der Waals surface area contributed by atoms with E-state index in [1.165, 1.54) is 23.5 Å². The summed E-state index contributed by atoms with van der Waals surface area (Å²) in [6.45, 7) is 5.11. The predicted molar refractivity (Wildman–Crippen MR) is 133 cm³/mol. The Bertz CT molecular complexity index is 1270. The lowest BCUT2D eigenvalue weighted by atomic mass is 9.97. The SMILES string of the molecule is Cc1ccc(OCC(=O)N2CCC(c3nc(C(=O)Nc4cccc(OC(F)(F)F)c4)cs3)CC2)cc1C. The number of carbonyl (C=O) groups excluding carboxylic acids is 2. The van der Waals surface area contributed by atoms with Crippen LogP contribution >= 0.6 is 11.3 Å². The maximum absolute atomic E-state index is 12.6. The summed E-state index contributed by atoms with van der Waals surface area (Å²) >= 11 is 1.35. The van der Waals surface area contributed by atoms with Gasteiger partial charge in [0.2, 0.25) is 0 Å². The number of carbonyl (C=O) groups is 2. The first-order chi connectivity index (χ1) is 17.6. The number of piperidine rings is 1. The number of rotatable bonds is 7. The van der Waals surface area contributed by atoms with Crippen molar-refractivity contribution in [2.75, 3.05) is 25.0 Å². The highest BCUT2D eigenvalue weighted by Crippen LogP contribution is 2.31. The fourth-order valence-corrected chi connectivity index (χ4v) is 4.93. The lowest BCUT2D eigenvalue weighted by Crippen LogP contribution is -2.40. The maximum Gasteiger partial charge on any atom is 0.573 e. The molecule has 2 heterocycles. The molecule has 1 fully saturated rings. The Morgan fingerprint density at radius 2 is 1.84 bits per heavy atom. The molecule has 4 rings (SSSR count). The number of nitrogens with one attached hydrogen (secondary N) is 1. The van der Waals surface area contributed by atoms with Crippen molar-refractivity contribution in [1.29, 1.82) is 0 Å². The van der Waals surface area contributed by atoms with Gasteiger partial charge in [0.05, 0.1) is 5.01 Å². The number of aromatic nitrogens is 1. The van der Waals surface area contributed by atoms with Gasteiger partial charge in [0.1, 0.15) is 17.2 Å². The number of likely N-dealkylation sites (tertiary alicyclic amines) is 1. The monoisotopic (exact) mass is 533 g/mol. The van der Waals surface area contributed by atoms with Gasteiger partial charge in [0.15, 0.2) is 6.61 Å². The molecule has 0 unspecified atom stereocenters. The van der Waals surface area contributed by atoms with Crippen molar-refractivity contribution in [2.45, 2.75) is 39.0 Å². The van der Waals surface area contributed by atoms with Gasteiger partial charge in [-0.1, -0.05) is 12.1 Å². The van der Waals surface area contributed by atoms with Gasteiger partial charge in [-0.25, -0.2) is 4.98 Å². The molecule has 3 aromatic rings. The van der Waals surface area contributed by atoms with Gasteiger partial charge in [-0.15, -0.1) is 24.5 Å². The third kappa shape index (κ3) is 7.22. The number of benzene rings is 2. The Labute approximate surface area is 216 Å². The smallest absolute Gasteiger partial charge is 0.484 e. The van der Waals surface area contributed by atoms with Gasteiger partial charge in [-0.3, -0.25) is 9.59 Å². The van der Waals surface area contributed by atoms with Gasteiger partial charge in [-0.2, -0.15) is 0 Å². The van der Waals surface area contributed by atoms with E-state index < -0.39 is 18.0 Å². The van der Waals surface area contributed by atoms with Crippen LogP contribution in [0.1, 0.15) is 45.4 Å². The normalized spacial score (nSPS) is 14.4. The topological polar surface area (TPSA) is 80.8 Å². The van der Waals surface area contributed by atoms with E-state index >= 15 is 0 Å². The minimum absolute atomic E-state index is 0.0239. The lowest BCUT2D eigenvalue weighted by molar-refractivity contribution is -0.274. The number of halogens is 3. The summed E-state index contributed by atoms with van der Waals surface area (Å²) in [5, 5.41) is 4.96. The number of anilines is 1. The molecule has 7 nitrogen and oxygen atoms in total. The number of hydrogen-bond donors (Lipinski definition) is 1. The first-order valence-electron chi connectivity index (χ1n) is 11.7. The quantitative estimate of drug-likeness (QED) is 0.422. The molecule has 0 bridgehead atoms. The van der Waals surface area contributed by atoms with E-state index in [0.717, 1.165) is 28.3 Å². The highest BCUT2D eigenvalue weighted by atomic mass is 32.1. The van der Waals surface area contributed by atoms with Crippen LogP contribution in [-0.2, 0) is 4.79 Å². The van der Waals surface area contributed by atoms with Crippen LogP contribution in [0.5, 0.6) is 11.5 Å². The number of hydrogen-bond acceptors (Lipinski definition) is 6. The average Bonchev–Trinajstić information content (AvgIpc) is 3.34. The fourth-order valence-electron chi connectivity index (χ4n) is 3.96. The van der Waals surface area contributed by atoms with E-state index in [1.54, 1.807) is 10.3 Å². The molecule has 1 aliphatic rings. The summed E-state index contributed by atoms with van der Waals surface area (Å²) in [4.78, 5) is 31.4. The van der Waals surface area contributed by atoms with Crippen molar-refractivity contribution in [3.05, 3.63) is 69.7 Å². The third-order valence-electron chi connectivity index (χ3n) is 6.12. The molecule has 37 heavy (non-hydrogen) atoms. The van der Waals surface area contributed by atoms with Gasteiger partial charge in [0.25, 0.3) is 11.8 Å². The van der Waals surface area contributed by atoms with Crippen molar-refractivity contribution in [3.63, 3.8) is 0 Å². The number of thiazole rings is 1. The van der Waals surface area contributed by atoms with Gasteiger partial charge in [0, 0.05) is 36.1 Å². The zero-order valence-electron chi connectivity index (χ0n) is 20.3. The summed E-state index contributed by atoms with van der Waals surface area (Å²) in [7, 11) is 0. The van der Waals surface area contributed by atoms with E-state index in [-0.39, 0.29) is 29.8 Å². The van der Waals surface area contributed by atoms with Crippen molar-refractivity contribution in [2.24, 2.45) is 0 Å². The molecule has 0 atom stereocenters. The fraction of sp³-hybridized carbons (Fsp3) is 0.346. The molecule has 0 radical (unpaired) electrons.